The van der Waals surface area contributed by atoms with Crippen LogP contribution in [0.3, 0.4) is 0 Å². The van der Waals surface area contributed by atoms with E-state index in [1.165, 1.54) is 0 Å². The van der Waals surface area contributed by atoms with Crippen LogP contribution in [0.5, 0.6) is 0 Å². The summed E-state index contributed by atoms with van der Waals surface area (Å²) in [6.07, 6.45) is 3.20. The summed E-state index contributed by atoms with van der Waals surface area (Å²) in [4.78, 5) is 12.0. The molecule has 4 heteroatoms. The maximum absolute atomic E-state index is 12.0. The number of hydrogen-bond acceptors (Lipinski definition) is 2. The van der Waals surface area contributed by atoms with Crippen molar-refractivity contribution < 1.29 is 9.53 Å². The van der Waals surface area contributed by atoms with Crippen LogP contribution in [0.1, 0.15) is 35.2 Å². The number of ether oxygens (including phenoxy) is 1. The van der Waals surface area contributed by atoms with Gasteiger partial charge >= 0.3 is 0 Å². The topological polar surface area (TPSA) is 38.3 Å². The summed E-state index contributed by atoms with van der Waals surface area (Å²) in [6.45, 7) is 0. The molecule has 1 aromatic carbocycles. The largest absolute Gasteiger partial charge is 0.381 e. The van der Waals surface area contributed by atoms with Crippen LogP contribution in [-0.2, 0) is 10.6 Å². The Kier molecular flexibility index (Phi) is 4.61. The lowest BCUT2D eigenvalue weighted by atomic mass is 10.1. The van der Waals surface area contributed by atoms with E-state index in [-0.39, 0.29) is 18.1 Å². The molecule has 1 aromatic rings. The molecule has 0 bridgehead atoms. The number of hydrogen-bond donors (Lipinski definition) is 1. The third-order valence-corrected chi connectivity index (χ3v) is 3.73. The number of rotatable bonds is 4. The van der Waals surface area contributed by atoms with Gasteiger partial charge in [0.1, 0.15) is 0 Å². The van der Waals surface area contributed by atoms with Crippen molar-refractivity contribution in [2.75, 3.05) is 7.11 Å². The van der Waals surface area contributed by atoms with Crippen LogP contribution in [-0.4, -0.2) is 25.2 Å². The fourth-order valence-corrected chi connectivity index (χ4v) is 2.48. The van der Waals surface area contributed by atoms with Gasteiger partial charge in [0.2, 0.25) is 0 Å². The SMILES string of the molecule is COC1CCC(NC(=O)c2ccc(CCl)cc2)C1. The monoisotopic (exact) mass is 267 g/mol. The zero-order valence-electron chi connectivity index (χ0n) is 10.5. The van der Waals surface area contributed by atoms with Crippen molar-refractivity contribution >= 4 is 17.5 Å². The van der Waals surface area contributed by atoms with Gasteiger partial charge in [0.05, 0.1) is 6.10 Å². The molecule has 18 heavy (non-hydrogen) atoms. The molecule has 0 aliphatic heterocycles. The van der Waals surface area contributed by atoms with Crippen molar-refractivity contribution in [3.05, 3.63) is 35.4 Å². The van der Waals surface area contributed by atoms with Crippen molar-refractivity contribution in [3.63, 3.8) is 0 Å². The van der Waals surface area contributed by atoms with Gasteiger partial charge in [0, 0.05) is 24.6 Å². The van der Waals surface area contributed by atoms with Crippen molar-refractivity contribution in [1.29, 1.82) is 0 Å². The number of benzene rings is 1. The molecule has 1 aliphatic rings. The third-order valence-electron chi connectivity index (χ3n) is 3.42. The normalized spacial score (nSPS) is 23.0. The van der Waals surface area contributed by atoms with Crippen LogP contribution in [0.4, 0.5) is 0 Å². The summed E-state index contributed by atoms with van der Waals surface area (Å²) < 4.78 is 5.29. The molecular weight excluding hydrogens is 250 g/mol. The van der Waals surface area contributed by atoms with Gasteiger partial charge in [-0.05, 0) is 37.0 Å². The lowest BCUT2D eigenvalue weighted by Crippen LogP contribution is -2.33. The Labute approximate surface area is 112 Å². The Bertz CT molecular complexity index is 405. The maximum atomic E-state index is 12.0. The summed E-state index contributed by atoms with van der Waals surface area (Å²) in [5, 5.41) is 3.05. The molecule has 0 spiro atoms. The lowest BCUT2D eigenvalue weighted by molar-refractivity contribution is 0.0915. The minimum atomic E-state index is -0.0159. The van der Waals surface area contributed by atoms with E-state index in [4.69, 9.17) is 16.3 Å². The van der Waals surface area contributed by atoms with E-state index >= 15 is 0 Å². The van der Waals surface area contributed by atoms with Crippen LogP contribution in [0.15, 0.2) is 24.3 Å². The summed E-state index contributed by atoms with van der Waals surface area (Å²) in [5.74, 6) is 0.456. The molecule has 0 heterocycles. The van der Waals surface area contributed by atoms with Crippen LogP contribution in [0, 0.1) is 0 Å². The molecule has 1 fully saturated rings. The minimum absolute atomic E-state index is 0.0159. The lowest BCUT2D eigenvalue weighted by Gasteiger charge is -2.13. The van der Waals surface area contributed by atoms with Crippen molar-refractivity contribution in [1.82, 2.24) is 5.32 Å². The highest BCUT2D eigenvalue weighted by molar-refractivity contribution is 6.17. The predicted molar refractivity (Wildman–Crippen MR) is 71.9 cm³/mol. The molecule has 2 atom stereocenters. The average molecular weight is 268 g/mol. The summed E-state index contributed by atoms with van der Waals surface area (Å²) >= 11 is 5.71. The van der Waals surface area contributed by atoms with Gasteiger partial charge in [-0.15, -0.1) is 11.6 Å². The van der Waals surface area contributed by atoms with E-state index in [9.17, 15) is 4.79 Å². The van der Waals surface area contributed by atoms with Gasteiger partial charge in [-0.25, -0.2) is 0 Å². The molecule has 1 aliphatic carbocycles. The molecule has 0 saturated heterocycles. The molecule has 98 valence electrons. The quantitative estimate of drug-likeness (QED) is 0.852. The first-order valence-corrected chi connectivity index (χ1v) is 6.75. The number of methoxy groups -OCH3 is 1. The molecule has 1 N–H and O–H groups in total. The van der Waals surface area contributed by atoms with Crippen LogP contribution >= 0.6 is 11.6 Å². The second-order valence-corrected chi connectivity index (χ2v) is 4.94. The number of halogens is 1. The number of amides is 1. The van der Waals surface area contributed by atoms with Gasteiger partial charge in [-0.3, -0.25) is 4.79 Å². The molecule has 1 amide bonds. The summed E-state index contributed by atoms with van der Waals surface area (Å²) in [5.41, 5.74) is 1.71. The summed E-state index contributed by atoms with van der Waals surface area (Å²) in [7, 11) is 1.72. The molecule has 1 saturated carbocycles. The van der Waals surface area contributed by atoms with Crippen molar-refractivity contribution in [2.45, 2.75) is 37.3 Å². The fraction of sp³-hybridized carbons (Fsp3) is 0.500. The van der Waals surface area contributed by atoms with Gasteiger partial charge in [0.25, 0.3) is 5.91 Å². The predicted octanol–water partition coefficient (Wildman–Crippen LogP) is 2.72. The van der Waals surface area contributed by atoms with Gasteiger partial charge in [-0.2, -0.15) is 0 Å². The minimum Gasteiger partial charge on any atom is -0.381 e. The zero-order valence-corrected chi connectivity index (χ0v) is 11.2. The molecule has 3 nitrogen and oxygen atoms in total. The van der Waals surface area contributed by atoms with Crippen LogP contribution in [0.2, 0.25) is 0 Å². The standard InChI is InChI=1S/C14H18ClNO2/c1-18-13-7-6-12(8-13)16-14(17)11-4-2-10(9-15)3-5-11/h2-5,12-13H,6-9H2,1H3,(H,16,17). The number of alkyl halides is 1. The molecular formula is C14H18ClNO2. The van der Waals surface area contributed by atoms with E-state index in [2.05, 4.69) is 5.32 Å². The number of carbonyl (C=O) groups is 1. The van der Waals surface area contributed by atoms with Crippen LogP contribution in [0.25, 0.3) is 0 Å². The highest BCUT2D eigenvalue weighted by Gasteiger charge is 2.25. The van der Waals surface area contributed by atoms with Crippen molar-refractivity contribution in [2.24, 2.45) is 0 Å². The Hall–Kier alpha value is -1.06. The Morgan fingerprint density at radius 2 is 2.11 bits per heavy atom. The molecule has 2 rings (SSSR count). The van der Waals surface area contributed by atoms with Gasteiger partial charge < -0.3 is 10.1 Å². The zero-order chi connectivity index (χ0) is 13.0. The Morgan fingerprint density at radius 1 is 1.39 bits per heavy atom. The van der Waals surface area contributed by atoms with E-state index in [1.54, 1.807) is 7.11 Å². The Morgan fingerprint density at radius 3 is 2.67 bits per heavy atom. The second kappa shape index (κ2) is 6.21. The van der Waals surface area contributed by atoms with Gasteiger partial charge in [-0.1, -0.05) is 12.1 Å². The second-order valence-electron chi connectivity index (χ2n) is 4.67. The van der Waals surface area contributed by atoms with Crippen molar-refractivity contribution in [3.8, 4) is 0 Å². The third kappa shape index (κ3) is 3.24. The number of nitrogens with one attached hydrogen (secondary N) is 1. The number of carbonyl (C=O) groups excluding carboxylic acids is 1. The van der Waals surface area contributed by atoms with E-state index < -0.39 is 0 Å². The molecule has 0 radical (unpaired) electrons. The van der Waals surface area contributed by atoms with Crippen LogP contribution < -0.4 is 5.32 Å². The first-order chi connectivity index (χ1) is 8.72. The highest BCUT2D eigenvalue weighted by atomic mass is 35.5. The average Bonchev–Trinajstić information content (AvgIpc) is 2.86. The Balaban J connectivity index is 1.91. The molecule has 0 aromatic heterocycles. The summed E-state index contributed by atoms with van der Waals surface area (Å²) in [6, 6.07) is 7.63. The fourth-order valence-electron chi connectivity index (χ4n) is 2.30. The first-order valence-electron chi connectivity index (χ1n) is 6.21. The first kappa shape index (κ1) is 13.4. The van der Waals surface area contributed by atoms with E-state index in [0.717, 1.165) is 24.8 Å². The van der Waals surface area contributed by atoms with E-state index in [0.29, 0.717) is 11.4 Å². The molecule has 2 unspecified atom stereocenters. The smallest absolute Gasteiger partial charge is 0.251 e. The van der Waals surface area contributed by atoms with Gasteiger partial charge in [0.15, 0.2) is 0 Å². The maximum Gasteiger partial charge on any atom is 0.251 e. The highest BCUT2D eigenvalue weighted by Crippen LogP contribution is 2.21. The van der Waals surface area contributed by atoms with E-state index in [1.807, 2.05) is 24.3 Å².